The van der Waals surface area contributed by atoms with Gasteiger partial charge < -0.3 is 14.8 Å². The third-order valence-corrected chi connectivity index (χ3v) is 7.41. The molecule has 0 unspecified atom stereocenters. The molecule has 35 heavy (non-hydrogen) atoms. The van der Waals surface area contributed by atoms with Gasteiger partial charge in [0.25, 0.3) is 0 Å². The van der Waals surface area contributed by atoms with E-state index in [1.807, 2.05) is 84.1 Å². The third kappa shape index (κ3) is 5.83. The highest BCUT2D eigenvalue weighted by atomic mass is 32.2. The van der Waals surface area contributed by atoms with Gasteiger partial charge in [0.1, 0.15) is 5.75 Å². The molecule has 0 spiro atoms. The molecule has 8 heteroatoms. The molecule has 1 aliphatic heterocycles. The van der Waals surface area contributed by atoms with Crippen LogP contribution in [0, 0.1) is 6.92 Å². The molecule has 1 aromatic heterocycles. The number of pyridine rings is 1. The lowest BCUT2D eigenvalue weighted by Gasteiger charge is -2.34. The maximum atomic E-state index is 13.1. The van der Waals surface area contributed by atoms with Crippen LogP contribution in [0.15, 0.2) is 59.6 Å². The van der Waals surface area contributed by atoms with Gasteiger partial charge in [0.15, 0.2) is 0 Å². The van der Waals surface area contributed by atoms with E-state index >= 15 is 0 Å². The Balaban J connectivity index is 1.60. The lowest BCUT2D eigenvalue weighted by atomic mass is 10.0. The quantitative estimate of drug-likeness (QED) is 0.477. The minimum absolute atomic E-state index is 0.251. The molecule has 2 N–H and O–H groups in total. The average molecular weight is 496 g/mol. The molecule has 1 aliphatic rings. The van der Waals surface area contributed by atoms with Crippen molar-refractivity contribution in [2.45, 2.75) is 70.9 Å². The first-order valence-electron chi connectivity index (χ1n) is 11.6. The number of aryl methyl sites for hydroxylation is 1. The SMILES string of the molecule is Cc1ncc(CNc2cccc(-c3ccccc3S(=O)(=O)NC(C)(C)C)c2)c2c1OC(C)(C)OC2. The smallest absolute Gasteiger partial charge is 0.241 e. The maximum absolute atomic E-state index is 13.1. The molecule has 0 aliphatic carbocycles. The number of benzene rings is 2. The number of nitrogens with one attached hydrogen (secondary N) is 2. The van der Waals surface area contributed by atoms with Crippen LogP contribution in [0.1, 0.15) is 51.4 Å². The summed E-state index contributed by atoms with van der Waals surface area (Å²) in [5.41, 5.74) is 4.55. The molecular weight excluding hydrogens is 462 g/mol. The molecule has 4 rings (SSSR count). The van der Waals surface area contributed by atoms with Crippen LogP contribution in [0.2, 0.25) is 0 Å². The third-order valence-electron chi connectivity index (χ3n) is 5.59. The fourth-order valence-corrected chi connectivity index (χ4v) is 5.68. The van der Waals surface area contributed by atoms with Gasteiger partial charge in [-0.1, -0.05) is 30.3 Å². The molecule has 0 fully saturated rings. The zero-order valence-corrected chi connectivity index (χ0v) is 21.9. The van der Waals surface area contributed by atoms with E-state index in [2.05, 4.69) is 15.0 Å². The minimum Gasteiger partial charge on any atom is -0.461 e. The molecular formula is C27H33N3O4S. The van der Waals surface area contributed by atoms with Crippen molar-refractivity contribution in [3.05, 3.63) is 71.5 Å². The Morgan fingerprint density at radius 3 is 2.57 bits per heavy atom. The second kappa shape index (κ2) is 9.26. The lowest BCUT2D eigenvalue weighted by molar-refractivity contribution is -0.180. The standard InChI is InChI=1S/C27H33N3O4S/c1-18-25-23(17-33-27(5,6)34-25)20(15-28-18)16-29-21-11-9-10-19(14-21)22-12-7-8-13-24(22)35(31,32)30-26(2,3)4/h7-15,29-30H,16-17H2,1-6H3. The predicted octanol–water partition coefficient (Wildman–Crippen LogP) is 5.39. The number of anilines is 1. The van der Waals surface area contributed by atoms with Crippen LogP contribution in [0.25, 0.3) is 11.1 Å². The number of hydrogen-bond acceptors (Lipinski definition) is 6. The molecule has 7 nitrogen and oxygen atoms in total. The summed E-state index contributed by atoms with van der Waals surface area (Å²) in [6.07, 6.45) is 1.84. The van der Waals surface area contributed by atoms with Crippen molar-refractivity contribution < 1.29 is 17.9 Å². The molecule has 2 aromatic carbocycles. The van der Waals surface area contributed by atoms with E-state index in [1.165, 1.54) is 0 Å². The van der Waals surface area contributed by atoms with E-state index in [4.69, 9.17) is 9.47 Å². The number of ether oxygens (including phenoxy) is 2. The van der Waals surface area contributed by atoms with Crippen molar-refractivity contribution >= 4 is 15.7 Å². The first-order valence-corrected chi connectivity index (χ1v) is 13.1. The Labute approximate surface area is 207 Å². The Kier molecular flexibility index (Phi) is 6.66. The van der Waals surface area contributed by atoms with Crippen molar-refractivity contribution in [1.82, 2.24) is 9.71 Å². The Hall–Kier alpha value is -2.94. The van der Waals surface area contributed by atoms with Crippen molar-refractivity contribution in [3.8, 4) is 16.9 Å². The second-order valence-corrected chi connectivity index (χ2v) is 11.9. The summed E-state index contributed by atoms with van der Waals surface area (Å²) in [5, 5.41) is 3.44. The topological polar surface area (TPSA) is 89.6 Å². The summed E-state index contributed by atoms with van der Waals surface area (Å²) in [4.78, 5) is 4.76. The van der Waals surface area contributed by atoms with Crippen LogP contribution in [0.4, 0.5) is 5.69 Å². The van der Waals surface area contributed by atoms with Crippen LogP contribution in [-0.2, 0) is 27.9 Å². The van der Waals surface area contributed by atoms with Crippen molar-refractivity contribution in [2.24, 2.45) is 0 Å². The van der Waals surface area contributed by atoms with Crippen LogP contribution in [0.5, 0.6) is 5.75 Å². The van der Waals surface area contributed by atoms with E-state index < -0.39 is 21.3 Å². The molecule has 0 amide bonds. The number of hydrogen-bond donors (Lipinski definition) is 2. The van der Waals surface area contributed by atoms with Crippen molar-refractivity contribution in [2.75, 3.05) is 5.32 Å². The molecule has 186 valence electrons. The van der Waals surface area contributed by atoms with Gasteiger partial charge in [-0.05, 0) is 57.0 Å². The summed E-state index contributed by atoms with van der Waals surface area (Å²) < 4.78 is 40.8. The van der Waals surface area contributed by atoms with Crippen LogP contribution in [-0.4, -0.2) is 24.7 Å². The molecule has 2 heterocycles. The Bertz CT molecular complexity index is 1340. The fourth-order valence-electron chi connectivity index (χ4n) is 4.03. The molecule has 3 aromatic rings. The maximum Gasteiger partial charge on any atom is 0.241 e. The fraction of sp³-hybridized carbons (Fsp3) is 0.370. The number of aromatic nitrogens is 1. The zero-order valence-electron chi connectivity index (χ0n) is 21.1. The first kappa shape index (κ1) is 25.2. The monoisotopic (exact) mass is 495 g/mol. The Morgan fingerprint density at radius 2 is 1.83 bits per heavy atom. The van der Waals surface area contributed by atoms with E-state index in [-0.39, 0.29) is 4.90 Å². The minimum atomic E-state index is -3.70. The van der Waals surface area contributed by atoms with Crippen LogP contribution in [0.3, 0.4) is 0 Å². The summed E-state index contributed by atoms with van der Waals surface area (Å²) >= 11 is 0. The Morgan fingerprint density at radius 1 is 1.09 bits per heavy atom. The van der Waals surface area contributed by atoms with Crippen molar-refractivity contribution in [3.63, 3.8) is 0 Å². The van der Waals surface area contributed by atoms with Crippen LogP contribution >= 0.6 is 0 Å². The second-order valence-electron chi connectivity index (χ2n) is 10.3. The molecule has 0 bridgehead atoms. The first-order chi connectivity index (χ1) is 16.3. The largest absolute Gasteiger partial charge is 0.461 e. The lowest BCUT2D eigenvalue weighted by Crippen LogP contribution is -2.40. The van der Waals surface area contributed by atoms with Gasteiger partial charge >= 0.3 is 0 Å². The predicted molar refractivity (Wildman–Crippen MR) is 138 cm³/mol. The summed E-state index contributed by atoms with van der Waals surface area (Å²) in [7, 11) is -3.70. The van der Waals surface area contributed by atoms with Gasteiger partial charge in [-0.3, -0.25) is 4.98 Å². The van der Waals surface area contributed by atoms with Gasteiger partial charge in [-0.25, -0.2) is 13.1 Å². The van der Waals surface area contributed by atoms with Crippen molar-refractivity contribution in [1.29, 1.82) is 0 Å². The average Bonchev–Trinajstić information content (AvgIpc) is 2.77. The van der Waals surface area contributed by atoms with E-state index in [9.17, 15) is 8.42 Å². The van der Waals surface area contributed by atoms with E-state index in [0.29, 0.717) is 18.7 Å². The van der Waals surface area contributed by atoms with E-state index in [1.54, 1.807) is 12.1 Å². The highest BCUT2D eigenvalue weighted by Gasteiger charge is 2.30. The molecule has 0 radical (unpaired) electrons. The highest BCUT2D eigenvalue weighted by Crippen LogP contribution is 2.35. The number of nitrogens with zero attached hydrogens (tertiary/aromatic N) is 1. The molecule has 0 saturated carbocycles. The number of fused-ring (bicyclic) bond motifs is 1. The van der Waals surface area contributed by atoms with Gasteiger partial charge in [0, 0.05) is 48.9 Å². The van der Waals surface area contributed by atoms with Gasteiger partial charge in [0.05, 0.1) is 17.2 Å². The van der Waals surface area contributed by atoms with Gasteiger partial charge in [0.2, 0.25) is 15.8 Å². The van der Waals surface area contributed by atoms with E-state index in [0.717, 1.165) is 33.8 Å². The molecule has 0 saturated heterocycles. The summed E-state index contributed by atoms with van der Waals surface area (Å²) in [5.74, 6) is 0.0925. The van der Waals surface area contributed by atoms with Gasteiger partial charge in [-0.15, -0.1) is 0 Å². The zero-order chi connectivity index (χ0) is 25.4. The van der Waals surface area contributed by atoms with Crippen LogP contribution < -0.4 is 14.8 Å². The normalized spacial score (nSPS) is 15.3. The summed E-state index contributed by atoms with van der Waals surface area (Å²) in [6, 6.07) is 14.8. The summed E-state index contributed by atoms with van der Waals surface area (Å²) in [6.45, 7) is 12.2. The number of rotatable bonds is 6. The highest BCUT2D eigenvalue weighted by molar-refractivity contribution is 7.89. The molecule has 0 atom stereocenters. The van der Waals surface area contributed by atoms with Gasteiger partial charge in [-0.2, -0.15) is 0 Å². The number of sulfonamides is 1.